The van der Waals surface area contributed by atoms with Crippen LogP contribution in [-0.2, 0) is 6.54 Å². The van der Waals surface area contributed by atoms with Gasteiger partial charge in [0, 0.05) is 23.7 Å². The Morgan fingerprint density at radius 3 is 2.71 bits per heavy atom. The molecule has 0 radical (unpaired) electrons. The van der Waals surface area contributed by atoms with Crippen LogP contribution in [0.3, 0.4) is 0 Å². The summed E-state index contributed by atoms with van der Waals surface area (Å²) in [5.74, 6) is 0.921. The molecular weight excluding hydrogens is 312 g/mol. The van der Waals surface area contributed by atoms with Crippen LogP contribution in [0.5, 0.6) is 11.5 Å². The Balaban J connectivity index is 1.84. The molecule has 24 heavy (non-hydrogen) atoms. The molecule has 2 aromatic carbocycles. The zero-order chi connectivity index (χ0) is 17.1. The van der Waals surface area contributed by atoms with Crippen LogP contribution < -0.4 is 9.47 Å². The topological polar surface area (TPSA) is 81.9 Å². The van der Waals surface area contributed by atoms with E-state index in [-0.39, 0.29) is 24.9 Å². The summed E-state index contributed by atoms with van der Waals surface area (Å²) in [6.07, 6.45) is 0. The normalized spacial score (nSPS) is 12.0. The lowest BCUT2D eigenvalue weighted by Crippen LogP contribution is -2.30. The van der Waals surface area contributed by atoms with E-state index in [1.165, 1.54) is 6.07 Å². The number of benzene rings is 2. The Labute approximate surface area is 138 Å². The minimum atomic E-state index is -0.436. The monoisotopic (exact) mass is 328 g/mol. The second-order valence-electron chi connectivity index (χ2n) is 5.27. The van der Waals surface area contributed by atoms with Gasteiger partial charge in [-0.3, -0.25) is 14.9 Å². The summed E-state index contributed by atoms with van der Waals surface area (Å²) in [4.78, 5) is 25.0. The molecule has 0 aromatic heterocycles. The molecular formula is C17H16N2O5. The molecule has 0 aliphatic carbocycles. The summed E-state index contributed by atoms with van der Waals surface area (Å²) in [6, 6.07) is 11.4. The van der Waals surface area contributed by atoms with Crippen molar-refractivity contribution in [2.45, 2.75) is 13.5 Å². The first kappa shape index (κ1) is 15.8. The number of nitrogens with zero attached hydrogens (tertiary/aromatic N) is 2. The Hall–Kier alpha value is -3.09. The van der Waals surface area contributed by atoms with Crippen molar-refractivity contribution in [1.82, 2.24) is 4.90 Å². The molecule has 7 heteroatoms. The van der Waals surface area contributed by atoms with Gasteiger partial charge in [-0.1, -0.05) is 18.2 Å². The number of rotatable bonds is 5. The van der Waals surface area contributed by atoms with Crippen LogP contribution in [0.4, 0.5) is 5.69 Å². The molecule has 1 heterocycles. The molecule has 0 N–H and O–H groups in total. The van der Waals surface area contributed by atoms with Crippen LogP contribution in [0.25, 0.3) is 0 Å². The van der Waals surface area contributed by atoms with Gasteiger partial charge in [0.05, 0.1) is 11.5 Å². The standard InChI is InChI=1S/C17H16N2O5/c1-2-18(10-13-5-3-4-6-14(13)19(21)22)17(20)12-7-8-15-16(9-12)24-11-23-15/h3-9H,2,10-11H2,1H3. The highest BCUT2D eigenvalue weighted by molar-refractivity contribution is 5.95. The average Bonchev–Trinajstić information content (AvgIpc) is 3.06. The minimum Gasteiger partial charge on any atom is -0.454 e. The van der Waals surface area contributed by atoms with Crippen molar-refractivity contribution in [2.75, 3.05) is 13.3 Å². The van der Waals surface area contributed by atoms with Crippen LogP contribution in [0.1, 0.15) is 22.8 Å². The van der Waals surface area contributed by atoms with E-state index in [1.807, 2.05) is 6.92 Å². The lowest BCUT2D eigenvalue weighted by Gasteiger charge is -2.21. The van der Waals surface area contributed by atoms with Crippen LogP contribution in [0.15, 0.2) is 42.5 Å². The number of hydrogen-bond acceptors (Lipinski definition) is 5. The van der Waals surface area contributed by atoms with Crippen molar-refractivity contribution in [3.8, 4) is 11.5 Å². The first-order valence-electron chi connectivity index (χ1n) is 7.51. The quantitative estimate of drug-likeness (QED) is 0.622. The third-order valence-electron chi connectivity index (χ3n) is 3.84. The molecule has 0 spiro atoms. The summed E-state index contributed by atoms with van der Waals surface area (Å²) in [7, 11) is 0. The largest absolute Gasteiger partial charge is 0.454 e. The highest BCUT2D eigenvalue weighted by Gasteiger charge is 2.22. The lowest BCUT2D eigenvalue weighted by atomic mass is 10.1. The molecule has 1 aliphatic rings. The predicted molar refractivity (Wildman–Crippen MR) is 86.1 cm³/mol. The van der Waals surface area contributed by atoms with Gasteiger partial charge in [-0.25, -0.2) is 0 Å². The fraction of sp³-hybridized carbons (Fsp3) is 0.235. The first-order chi connectivity index (χ1) is 11.6. The van der Waals surface area contributed by atoms with Crippen molar-refractivity contribution < 1.29 is 19.2 Å². The van der Waals surface area contributed by atoms with Crippen molar-refractivity contribution in [1.29, 1.82) is 0 Å². The number of fused-ring (bicyclic) bond motifs is 1. The molecule has 0 saturated heterocycles. The van der Waals surface area contributed by atoms with Crippen molar-refractivity contribution in [2.24, 2.45) is 0 Å². The Morgan fingerprint density at radius 2 is 1.96 bits per heavy atom. The fourth-order valence-corrected chi connectivity index (χ4v) is 2.57. The predicted octanol–water partition coefficient (Wildman–Crippen LogP) is 2.99. The van der Waals surface area contributed by atoms with Crippen molar-refractivity contribution >= 4 is 11.6 Å². The maximum absolute atomic E-state index is 12.7. The van der Waals surface area contributed by atoms with E-state index in [9.17, 15) is 14.9 Å². The molecule has 1 aliphatic heterocycles. The third kappa shape index (κ3) is 3.01. The Kier molecular flexibility index (Phi) is 4.33. The highest BCUT2D eigenvalue weighted by Crippen LogP contribution is 2.33. The van der Waals surface area contributed by atoms with Crippen LogP contribution in [0, 0.1) is 10.1 Å². The van der Waals surface area contributed by atoms with E-state index in [0.29, 0.717) is 29.2 Å². The molecule has 1 amide bonds. The summed E-state index contributed by atoms with van der Waals surface area (Å²) in [6.45, 7) is 2.57. The van der Waals surface area contributed by atoms with Crippen LogP contribution in [0.2, 0.25) is 0 Å². The third-order valence-corrected chi connectivity index (χ3v) is 3.84. The average molecular weight is 328 g/mol. The Bertz CT molecular complexity index is 790. The lowest BCUT2D eigenvalue weighted by molar-refractivity contribution is -0.385. The number of nitro benzene ring substituents is 1. The maximum atomic E-state index is 12.7. The number of nitro groups is 1. The first-order valence-corrected chi connectivity index (χ1v) is 7.51. The second-order valence-corrected chi connectivity index (χ2v) is 5.27. The van der Waals surface area contributed by atoms with Crippen molar-refractivity contribution in [3.63, 3.8) is 0 Å². The van der Waals surface area contributed by atoms with E-state index in [2.05, 4.69) is 0 Å². The smallest absolute Gasteiger partial charge is 0.274 e. The van der Waals surface area contributed by atoms with Gasteiger partial charge in [0.15, 0.2) is 11.5 Å². The zero-order valence-corrected chi connectivity index (χ0v) is 13.1. The summed E-state index contributed by atoms with van der Waals surface area (Å²) in [5, 5.41) is 11.1. The molecule has 3 rings (SSSR count). The molecule has 2 aromatic rings. The van der Waals surface area contributed by atoms with Gasteiger partial charge in [-0.15, -0.1) is 0 Å². The summed E-state index contributed by atoms with van der Waals surface area (Å²) >= 11 is 0. The number of carbonyl (C=O) groups excluding carboxylic acids is 1. The molecule has 0 atom stereocenters. The number of ether oxygens (including phenoxy) is 2. The van der Waals surface area contributed by atoms with E-state index in [4.69, 9.17) is 9.47 Å². The second kappa shape index (κ2) is 6.57. The Morgan fingerprint density at radius 1 is 1.21 bits per heavy atom. The van der Waals surface area contributed by atoms with E-state index in [0.717, 1.165) is 0 Å². The molecule has 0 saturated carbocycles. The van der Waals surface area contributed by atoms with Gasteiger partial charge < -0.3 is 14.4 Å². The molecule has 124 valence electrons. The molecule has 0 fully saturated rings. The van der Waals surface area contributed by atoms with E-state index in [1.54, 1.807) is 41.3 Å². The number of amides is 1. The summed E-state index contributed by atoms with van der Waals surface area (Å²) in [5.41, 5.74) is 0.965. The van der Waals surface area contributed by atoms with Crippen molar-refractivity contribution in [3.05, 3.63) is 63.7 Å². The van der Waals surface area contributed by atoms with Gasteiger partial charge in [-0.2, -0.15) is 0 Å². The van der Waals surface area contributed by atoms with Crippen LogP contribution in [-0.4, -0.2) is 29.1 Å². The molecule has 7 nitrogen and oxygen atoms in total. The number of carbonyl (C=O) groups is 1. The zero-order valence-electron chi connectivity index (χ0n) is 13.1. The van der Waals surface area contributed by atoms with Gasteiger partial charge in [0.1, 0.15) is 0 Å². The highest BCUT2D eigenvalue weighted by atomic mass is 16.7. The SMILES string of the molecule is CCN(Cc1ccccc1[N+](=O)[O-])C(=O)c1ccc2c(c1)OCO2. The molecule has 0 bridgehead atoms. The molecule has 0 unspecified atom stereocenters. The van der Waals surface area contributed by atoms with Crippen LogP contribution >= 0.6 is 0 Å². The number of para-hydroxylation sites is 1. The van der Waals surface area contributed by atoms with Gasteiger partial charge in [-0.05, 0) is 25.1 Å². The minimum absolute atomic E-state index is 0.00874. The van der Waals surface area contributed by atoms with Gasteiger partial charge >= 0.3 is 0 Å². The van der Waals surface area contributed by atoms with Gasteiger partial charge in [0.25, 0.3) is 11.6 Å². The van der Waals surface area contributed by atoms with Gasteiger partial charge in [0.2, 0.25) is 6.79 Å². The maximum Gasteiger partial charge on any atom is 0.274 e. The summed E-state index contributed by atoms with van der Waals surface area (Å²) < 4.78 is 10.5. The number of hydrogen-bond donors (Lipinski definition) is 0. The van der Waals surface area contributed by atoms with E-state index >= 15 is 0 Å². The fourth-order valence-electron chi connectivity index (χ4n) is 2.57. The van der Waals surface area contributed by atoms with E-state index < -0.39 is 4.92 Å².